The number of anilines is 1. The van der Waals surface area contributed by atoms with Crippen molar-refractivity contribution in [2.45, 2.75) is 38.6 Å². The van der Waals surface area contributed by atoms with Crippen LogP contribution in [0.1, 0.15) is 42.9 Å². The second kappa shape index (κ2) is 7.43. The second-order valence-corrected chi connectivity index (χ2v) is 6.23. The van der Waals surface area contributed by atoms with E-state index in [1.165, 1.54) is 12.1 Å². The van der Waals surface area contributed by atoms with Crippen LogP contribution in [0.2, 0.25) is 0 Å². The molecule has 0 unspecified atom stereocenters. The van der Waals surface area contributed by atoms with Gasteiger partial charge in [-0.3, -0.25) is 4.98 Å². The van der Waals surface area contributed by atoms with Gasteiger partial charge in [-0.05, 0) is 61.2 Å². The SMILES string of the molecule is Cc1cc(F)ccc1NC(=O)N1CCCCC[C@@H]1c1ccncc1. The van der Waals surface area contributed by atoms with E-state index in [1.807, 2.05) is 17.0 Å². The van der Waals surface area contributed by atoms with Crippen LogP contribution in [-0.4, -0.2) is 22.5 Å². The molecule has 1 aromatic heterocycles. The molecule has 1 fully saturated rings. The highest BCUT2D eigenvalue weighted by atomic mass is 19.1. The zero-order valence-electron chi connectivity index (χ0n) is 13.8. The van der Waals surface area contributed by atoms with Crippen LogP contribution >= 0.6 is 0 Å². The zero-order valence-corrected chi connectivity index (χ0v) is 13.8. The number of nitrogens with zero attached hydrogens (tertiary/aromatic N) is 2. The molecule has 1 atom stereocenters. The molecule has 2 heterocycles. The summed E-state index contributed by atoms with van der Waals surface area (Å²) in [5, 5.41) is 2.94. The summed E-state index contributed by atoms with van der Waals surface area (Å²) < 4.78 is 13.2. The molecule has 0 radical (unpaired) electrons. The van der Waals surface area contributed by atoms with Crippen LogP contribution in [0.4, 0.5) is 14.9 Å². The van der Waals surface area contributed by atoms with Crippen molar-refractivity contribution in [3.8, 4) is 0 Å². The van der Waals surface area contributed by atoms with Gasteiger partial charge in [0.25, 0.3) is 0 Å². The number of hydrogen-bond acceptors (Lipinski definition) is 2. The van der Waals surface area contributed by atoms with Crippen LogP contribution in [0.15, 0.2) is 42.7 Å². The molecule has 5 heteroatoms. The van der Waals surface area contributed by atoms with Crippen LogP contribution in [0.25, 0.3) is 0 Å². The lowest BCUT2D eigenvalue weighted by molar-refractivity contribution is 0.189. The van der Waals surface area contributed by atoms with E-state index >= 15 is 0 Å². The fourth-order valence-corrected chi connectivity index (χ4v) is 3.24. The van der Waals surface area contributed by atoms with Crippen LogP contribution in [0.3, 0.4) is 0 Å². The minimum absolute atomic E-state index is 0.0521. The maximum absolute atomic E-state index is 13.2. The zero-order chi connectivity index (χ0) is 16.9. The molecule has 0 spiro atoms. The maximum atomic E-state index is 13.2. The van der Waals surface area contributed by atoms with E-state index in [0.29, 0.717) is 5.69 Å². The van der Waals surface area contributed by atoms with E-state index in [4.69, 9.17) is 0 Å². The Hall–Kier alpha value is -2.43. The van der Waals surface area contributed by atoms with Crippen molar-refractivity contribution in [1.29, 1.82) is 0 Å². The lowest BCUT2D eigenvalue weighted by Gasteiger charge is -2.30. The van der Waals surface area contributed by atoms with E-state index in [9.17, 15) is 9.18 Å². The number of hydrogen-bond donors (Lipinski definition) is 1. The standard InChI is InChI=1S/C19H22FN3O/c1-14-13-16(20)6-7-17(14)22-19(24)23-12-4-2-3-5-18(23)15-8-10-21-11-9-15/h6-11,13,18H,2-5,12H2,1H3,(H,22,24)/t18-/m1/s1. The van der Waals surface area contributed by atoms with Crippen molar-refractivity contribution in [3.05, 3.63) is 59.7 Å². The van der Waals surface area contributed by atoms with Crippen molar-refractivity contribution in [3.63, 3.8) is 0 Å². The molecular weight excluding hydrogens is 305 g/mol. The number of carbonyl (C=O) groups excluding carboxylic acids is 1. The van der Waals surface area contributed by atoms with E-state index in [1.54, 1.807) is 25.4 Å². The summed E-state index contributed by atoms with van der Waals surface area (Å²) >= 11 is 0. The number of rotatable bonds is 2. The third-order valence-electron chi connectivity index (χ3n) is 4.53. The molecule has 4 nitrogen and oxygen atoms in total. The summed E-state index contributed by atoms with van der Waals surface area (Å²) in [6, 6.07) is 8.27. The summed E-state index contributed by atoms with van der Waals surface area (Å²) in [6.07, 6.45) is 7.70. The van der Waals surface area contributed by atoms with E-state index < -0.39 is 0 Å². The van der Waals surface area contributed by atoms with Gasteiger partial charge in [0.1, 0.15) is 5.82 Å². The number of nitrogens with one attached hydrogen (secondary N) is 1. The first kappa shape index (κ1) is 16.4. The molecule has 1 aliphatic rings. The molecule has 1 aliphatic heterocycles. The topological polar surface area (TPSA) is 45.2 Å². The van der Waals surface area contributed by atoms with Gasteiger partial charge in [-0.25, -0.2) is 9.18 Å². The van der Waals surface area contributed by atoms with Crippen molar-refractivity contribution in [1.82, 2.24) is 9.88 Å². The molecule has 24 heavy (non-hydrogen) atoms. The van der Waals surface area contributed by atoms with Crippen molar-refractivity contribution in [2.75, 3.05) is 11.9 Å². The predicted molar refractivity (Wildman–Crippen MR) is 92.3 cm³/mol. The number of pyridine rings is 1. The highest BCUT2D eigenvalue weighted by Crippen LogP contribution is 2.30. The third kappa shape index (κ3) is 3.72. The highest BCUT2D eigenvalue weighted by Gasteiger charge is 2.27. The van der Waals surface area contributed by atoms with Gasteiger partial charge < -0.3 is 10.2 Å². The molecule has 126 valence electrons. The maximum Gasteiger partial charge on any atom is 0.322 e. The summed E-state index contributed by atoms with van der Waals surface area (Å²) in [7, 11) is 0. The van der Waals surface area contributed by atoms with E-state index in [0.717, 1.165) is 43.4 Å². The normalized spacial score (nSPS) is 18.1. The van der Waals surface area contributed by atoms with Crippen LogP contribution in [0, 0.1) is 12.7 Å². The number of benzene rings is 1. The molecular formula is C19H22FN3O. The van der Waals surface area contributed by atoms with Crippen LogP contribution in [-0.2, 0) is 0 Å². The summed E-state index contributed by atoms with van der Waals surface area (Å²) in [4.78, 5) is 18.8. The van der Waals surface area contributed by atoms with Gasteiger partial charge >= 0.3 is 6.03 Å². The van der Waals surface area contributed by atoms with Gasteiger partial charge in [-0.1, -0.05) is 12.8 Å². The Morgan fingerprint density at radius 1 is 1.21 bits per heavy atom. The fraction of sp³-hybridized carbons (Fsp3) is 0.368. The average Bonchev–Trinajstić information content (AvgIpc) is 2.84. The molecule has 1 N–H and O–H groups in total. The minimum Gasteiger partial charge on any atom is -0.317 e. The van der Waals surface area contributed by atoms with E-state index in [2.05, 4.69) is 10.3 Å². The van der Waals surface area contributed by atoms with Gasteiger partial charge in [0.05, 0.1) is 6.04 Å². The fourth-order valence-electron chi connectivity index (χ4n) is 3.24. The Bertz CT molecular complexity index is 705. The molecule has 1 aromatic carbocycles. The van der Waals surface area contributed by atoms with Gasteiger partial charge in [0.2, 0.25) is 0 Å². The van der Waals surface area contributed by atoms with E-state index in [-0.39, 0.29) is 17.9 Å². The highest BCUT2D eigenvalue weighted by molar-refractivity contribution is 5.90. The number of halogens is 1. The van der Waals surface area contributed by atoms with Gasteiger partial charge in [0, 0.05) is 24.6 Å². The summed E-state index contributed by atoms with van der Waals surface area (Å²) in [5.74, 6) is -0.296. The van der Waals surface area contributed by atoms with Crippen molar-refractivity contribution in [2.24, 2.45) is 0 Å². The first-order valence-electron chi connectivity index (χ1n) is 8.39. The Morgan fingerprint density at radius 2 is 2.00 bits per heavy atom. The number of likely N-dealkylation sites (tertiary alicyclic amines) is 1. The largest absolute Gasteiger partial charge is 0.322 e. The molecule has 0 saturated carbocycles. The third-order valence-corrected chi connectivity index (χ3v) is 4.53. The number of carbonyl (C=O) groups is 1. The van der Waals surface area contributed by atoms with Crippen LogP contribution in [0.5, 0.6) is 0 Å². The van der Waals surface area contributed by atoms with Crippen molar-refractivity contribution < 1.29 is 9.18 Å². The molecule has 3 rings (SSSR count). The number of amides is 2. The van der Waals surface area contributed by atoms with Gasteiger partial charge in [-0.15, -0.1) is 0 Å². The van der Waals surface area contributed by atoms with Crippen molar-refractivity contribution >= 4 is 11.7 Å². The summed E-state index contributed by atoms with van der Waals surface area (Å²) in [5.41, 5.74) is 2.48. The minimum atomic E-state index is -0.296. The Balaban J connectivity index is 1.82. The molecule has 0 aliphatic carbocycles. The van der Waals surface area contributed by atoms with Gasteiger partial charge in [-0.2, -0.15) is 0 Å². The lowest BCUT2D eigenvalue weighted by atomic mass is 10.0. The molecule has 0 bridgehead atoms. The lowest BCUT2D eigenvalue weighted by Crippen LogP contribution is -2.38. The van der Waals surface area contributed by atoms with Gasteiger partial charge in [0.15, 0.2) is 0 Å². The Kier molecular flexibility index (Phi) is 5.08. The second-order valence-electron chi connectivity index (χ2n) is 6.23. The first-order chi connectivity index (χ1) is 11.6. The summed E-state index contributed by atoms with van der Waals surface area (Å²) in [6.45, 7) is 2.51. The average molecular weight is 327 g/mol. The number of aromatic nitrogens is 1. The number of aryl methyl sites for hydroxylation is 1. The van der Waals surface area contributed by atoms with Crippen LogP contribution < -0.4 is 5.32 Å². The predicted octanol–water partition coefficient (Wildman–Crippen LogP) is 4.68. The quantitative estimate of drug-likeness (QED) is 0.870. The Labute approximate surface area is 141 Å². The first-order valence-corrected chi connectivity index (χ1v) is 8.39. The molecule has 2 aromatic rings. The molecule has 1 saturated heterocycles. The number of urea groups is 1. The Morgan fingerprint density at radius 3 is 2.75 bits per heavy atom. The smallest absolute Gasteiger partial charge is 0.317 e. The monoisotopic (exact) mass is 327 g/mol. The molecule has 2 amide bonds.